The van der Waals surface area contributed by atoms with Crippen LogP contribution in [0.3, 0.4) is 0 Å². The van der Waals surface area contributed by atoms with Crippen LogP contribution in [0.2, 0.25) is 0 Å². The van der Waals surface area contributed by atoms with Gasteiger partial charge in [0.2, 0.25) is 0 Å². The van der Waals surface area contributed by atoms with Crippen molar-refractivity contribution < 1.29 is 4.92 Å². The summed E-state index contributed by atoms with van der Waals surface area (Å²) in [4.78, 5) is 37.2. The minimum atomic E-state index is -0.855. The highest BCUT2D eigenvalue weighted by atomic mass is 35.5. The van der Waals surface area contributed by atoms with Gasteiger partial charge in [0.25, 0.3) is 12.2 Å². The van der Waals surface area contributed by atoms with Crippen LogP contribution >= 0.6 is 12.4 Å². The fourth-order valence-corrected chi connectivity index (χ4v) is 1.64. The molecule has 0 amide bonds. The Morgan fingerprint density at radius 1 is 1.39 bits per heavy atom. The minimum absolute atomic E-state index is 0. The number of rotatable bonds is 2. The van der Waals surface area contributed by atoms with Crippen LogP contribution in [0.5, 0.6) is 0 Å². The van der Waals surface area contributed by atoms with E-state index in [1.54, 1.807) is 7.05 Å². The lowest BCUT2D eigenvalue weighted by atomic mass is 10.5. The number of hydrogen-bond acceptors (Lipinski definition) is 5. The first-order valence-electron chi connectivity index (χ1n) is 4.66. The van der Waals surface area contributed by atoms with Crippen molar-refractivity contribution in [2.45, 2.75) is 6.67 Å². The van der Waals surface area contributed by atoms with E-state index in [1.165, 1.54) is 17.9 Å². The lowest BCUT2D eigenvalue weighted by molar-refractivity contribution is -0.515. The molecule has 18 heavy (non-hydrogen) atoms. The standard InChI is InChI=1S/C8H9N5O4.ClH/c1-10-3-9-6-5(10)7(14)12(4-13(16)17)8(15)11(6)2;/h3H,4H2,1-2H3;1H. The van der Waals surface area contributed by atoms with Crippen LogP contribution < -0.4 is 11.2 Å². The zero-order valence-corrected chi connectivity index (χ0v) is 10.4. The first-order valence-corrected chi connectivity index (χ1v) is 4.66. The van der Waals surface area contributed by atoms with Crippen molar-refractivity contribution in [2.24, 2.45) is 14.1 Å². The first kappa shape index (κ1) is 13.9. The van der Waals surface area contributed by atoms with Gasteiger partial charge in [-0.3, -0.25) is 19.5 Å². The second-order valence-corrected chi connectivity index (χ2v) is 3.58. The second-order valence-electron chi connectivity index (χ2n) is 3.58. The van der Waals surface area contributed by atoms with Crippen LogP contribution in [0.25, 0.3) is 11.2 Å². The van der Waals surface area contributed by atoms with Crippen molar-refractivity contribution in [2.75, 3.05) is 0 Å². The normalized spacial score (nSPS) is 10.3. The molecule has 0 fully saturated rings. The number of fused-ring (bicyclic) bond motifs is 1. The predicted octanol–water partition coefficient (Wildman–Crippen LogP) is -0.910. The molecule has 0 saturated carbocycles. The minimum Gasteiger partial charge on any atom is -0.328 e. The first-order chi connectivity index (χ1) is 7.93. The molecule has 2 aromatic rings. The summed E-state index contributed by atoms with van der Waals surface area (Å²) in [7, 11) is 2.99. The molecule has 0 unspecified atom stereocenters. The van der Waals surface area contributed by atoms with Crippen LogP contribution in [0.1, 0.15) is 0 Å². The Labute approximate surface area is 106 Å². The largest absolute Gasteiger partial charge is 0.337 e. The van der Waals surface area contributed by atoms with Gasteiger partial charge in [-0.15, -0.1) is 12.4 Å². The summed E-state index contributed by atoms with van der Waals surface area (Å²) < 4.78 is 3.11. The quantitative estimate of drug-likeness (QED) is 0.521. The highest BCUT2D eigenvalue weighted by Gasteiger charge is 2.17. The number of halogens is 1. The van der Waals surface area contributed by atoms with Crippen LogP contribution in [0.15, 0.2) is 15.9 Å². The Bertz CT molecular complexity index is 727. The number of nitrogens with zero attached hydrogens (tertiary/aromatic N) is 5. The molecule has 0 aliphatic rings. The van der Waals surface area contributed by atoms with E-state index in [-0.39, 0.29) is 23.6 Å². The monoisotopic (exact) mass is 275 g/mol. The summed E-state index contributed by atoms with van der Waals surface area (Å²) >= 11 is 0. The zero-order valence-electron chi connectivity index (χ0n) is 9.56. The second kappa shape index (κ2) is 4.61. The summed E-state index contributed by atoms with van der Waals surface area (Å²) in [5.41, 5.74) is -1.09. The number of imidazole rings is 1. The van der Waals surface area contributed by atoms with Crippen LogP contribution in [0, 0.1) is 10.1 Å². The summed E-state index contributed by atoms with van der Waals surface area (Å²) in [6.07, 6.45) is 1.38. The Morgan fingerprint density at radius 2 is 2.00 bits per heavy atom. The van der Waals surface area contributed by atoms with Gasteiger partial charge < -0.3 is 4.57 Å². The molecule has 2 aromatic heterocycles. The molecule has 0 N–H and O–H groups in total. The molecule has 98 valence electrons. The lowest BCUT2D eigenvalue weighted by Gasteiger charge is -2.04. The molecule has 0 atom stereocenters. The molecular weight excluding hydrogens is 266 g/mol. The molecule has 2 heterocycles. The number of aryl methyl sites for hydroxylation is 2. The van der Waals surface area contributed by atoms with Crippen molar-refractivity contribution in [1.29, 1.82) is 0 Å². The SMILES string of the molecule is Cl.Cn1cnc2c1c(=O)n(C[N+](=O)[O-])c(=O)n2C. The Balaban J connectivity index is 0.00000162. The maximum absolute atomic E-state index is 11.9. The summed E-state index contributed by atoms with van der Waals surface area (Å²) in [5.74, 6) is 0. The van der Waals surface area contributed by atoms with Crippen molar-refractivity contribution in [3.05, 3.63) is 37.3 Å². The van der Waals surface area contributed by atoms with E-state index < -0.39 is 22.8 Å². The predicted molar refractivity (Wildman–Crippen MR) is 64.5 cm³/mol. The highest BCUT2D eigenvalue weighted by Crippen LogP contribution is 2.02. The number of hydrogen-bond donors (Lipinski definition) is 0. The maximum Gasteiger partial charge on any atom is 0.337 e. The molecule has 0 spiro atoms. The average molecular weight is 276 g/mol. The van der Waals surface area contributed by atoms with Crippen molar-refractivity contribution in [3.8, 4) is 0 Å². The van der Waals surface area contributed by atoms with Gasteiger partial charge >= 0.3 is 5.69 Å². The topological polar surface area (TPSA) is 105 Å². The third-order valence-electron chi connectivity index (χ3n) is 2.46. The van der Waals surface area contributed by atoms with Gasteiger partial charge in [0.05, 0.1) is 6.33 Å². The fourth-order valence-electron chi connectivity index (χ4n) is 1.64. The van der Waals surface area contributed by atoms with Crippen LogP contribution in [0.4, 0.5) is 0 Å². The zero-order chi connectivity index (χ0) is 12.7. The van der Waals surface area contributed by atoms with Gasteiger partial charge in [-0.05, 0) is 0 Å². The summed E-state index contributed by atoms with van der Waals surface area (Å²) in [5, 5.41) is 10.4. The van der Waals surface area contributed by atoms with Gasteiger partial charge in [0.15, 0.2) is 11.2 Å². The van der Waals surface area contributed by atoms with Gasteiger partial charge in [-0.25, -0.2) is 9.78 Å². The summed E-state index contributed by atoms with van der Waals surface area (Å²) in [6, 6.07) is 0. The van der Waals surface area contributed by atoms with Gasteiger partial charge in [0.1, 0.15) is 0 Å². The lowest BCUT2D eigenvalue weighted by Crippen LogP contribution is -2.41. The molecule has 0 aliphatic heterocycles. The highest BCUT2D eigenvalue weighted by molar-refractivity contribution is 5.85. The van der Waals surface area contributed by atoms with E-state index in [9.17, 15) is 19.7 Å². The fraction of sp³-hybridized carbons (Fsp3) is 0.375. The molecule has 9 nitrogen and oxygen atoms in total. The molecule has 10 heteroatoms. The van der Waals surface area contributed by atoms with Crippen molar-refractivity contribution in [3.63, 3.8) is 0 Å². The van der Waals surface area contributed by atoms with E-state index in [2.05, 4.69) is 4.98 Å². The molecule has 2 rings (SSSR count). The molecule has 0 bridgehead atoms. The van der Waals surface area contributed by atoms with Crippen molar-refractivity contribution >= 4 is 23.6 Å². The molecular formula is C8H10ClN5O4. The van der Waals surface area contributed by atoms with Gasteiger partial charge in [-0.2, -0.15) is 4.57 Å². The van der Waals surface area contributed by atoms with E-state index >= 15 is 0 Å². The smallest absolute Gasteiger partial charge is 0.328 e. The third kappa shape index (κ3) is 1.88. The average Bonchev–Trinajstić information content (AvgIpc) is 2.63. The summed E-state index contributed by atoms with van der Waals surface area (Å²) in [6.45, 7) is -0.855. The Morgan fingerprint density at radius 3 is 2.56 bits per heavy atom. The van der Waals surface area contributed by atoms with E-state index in [1.807, 2.05) is 0 Å². The number of nitro groups is 1. The van der Waals surface area contributed by atoms with E-state index in [0.717, 1.165) is 4.57 Å². The Hall–Kier alpha value is -2.16. The maximum atomic E-state index is 11.9. The Kier molecular flexibility index (Phi) is 3.56. The van der Waals surface area contributed by atoms with Crippen LogP contribution in [-0.2, 0) is 20.8 Å². The molecule has 0 saturated heterocycles. The third-order valence-corrected chi connectivity index (χ3v) is 2.46. The molecule has 0 radical (unpaired) electrons. The van der Waals surface area contributed by atoms with Gasteiger partial charge in [0, 0.05) is 19.0 Å². The van der Waals surface area contributed by atoms with Gasteiger partial charge in [-0.1, -0.05) is 0 Å². The number of aromatic nitrogens is 4. The molecule has 0 aliphatic carbocycles. The van der Waals surface area contributed by atoms with E-state index in [4.69, 9.17) is 0 Å². The van der Waals surface area contributed by atoms with Crippen molar-refractivity contribution in [1.82, 2.24) is 18.7 Å². The molecule has 0 aromatic carbocycles. The van der Waals surface area contributed by atoms with E-state index in [0.29, 0.717) is 4.57 Å². The van der Waals surface area contributed by atoms with Crippen LogP contribution in [-0.4, -0.2) is 23.6 Å².